The number of imidazole rings is 1. The highest BCUT2D eigenvalue weighted by Gasteiger charge is 2.04. The summed E-state index contributed by atoms with van der Waals surface area (Å²) in [7, 11) is 0. The van der Waals surface area contributed by atoms with E-state index in [1.54, 1.807) is 6.20 Å². The van der Waals surface area contributed by atoms with E-state index in [1.165, 1.54) is 5.69 Å². The summed E-state index contributed by atoms with van der Waals surface area (Å²) in [6.07, 6.45) is 3.72. The van der Waals surface area contributed by atoms with Crippen molar-refractivity contribution in [1.82, 2.24) is 9.55 Å². The number of nitrogens with zero attached hydrogens (tertiary/aromatic N) is 3. The summed E-state index contributed by atoms with van der Waals surface area (Å²) in [6.45, 7) is 6.41. The first-order valence-electron chi connectivity index (χ1n) is 5.80. The molecule has 0 aliphatic carbocycles. The molecule has 1 heterocycles. The third-order valence-corrected chi connectivity index (χ3v) is 3.44. The molecule has 0 fully saturated rings. The Labute approximate surface area is 110 Å². The predicted molar refractivity (Wildman–Crippen MR) is 74.8 cm³/mol. The smallest absolute Gasteiger partial charge is 0.181 e. The number of aromatic nitrogens is 2. The predicted octanol–water partition coefficient (Wildman–Crippen LogP) is 3.48. The molecule has 0 atom stereocenters. The van der Waals surface area contributed by atoms with Crippen molar-refractivity contribution in [3.05, 3.63) is 41.4 Å². The largest absolute Gasteiger partial charge is 0.372 e. The summed E-state index contributed by atoms with van der Waals surface area (Å²) < 4.78 is 2.83. The zero-order valence-corrected chi connectivity index (χ0v) is 11.7. The fraction of sp³-hybridized carbons (Fsp3) is 0.308. The molecule has 0 saturated heterocycles. The van der Waals surface area contributed by atoms with Gasteiger partial charge in [0.25, 0.3) is 0 Å². The van der Waals surface area contributed by atoms with Gasteiger partial charge in [0.1, 0.15) is 0 Å². The van der Waals surface area contributed by atoms with E-state index in [-0.39, 0.29) is 0 Å². The van der Waals surface area contributed by atoms with E-state index in [9.17, 15) is 0 Å². The van der Waals surface area contributed by atoms with E-state index in [0.717, 1.165) is 23.5 Å². The maximum atomic E-state index is 4.15. The van der Waals surface area contributed by atoms with E-state index in [2.05, 4.69) is 63.9 Å². The Morgan fingerprint density at radius 1 is 1.18 bits per heavy atom. The molecule has 3 nitrogen and oxygen atoms in total. The Morgan fingerprint density at radius 3 is 2.29 bits per heavy atom. The number of halogens is 1. The molecule has 0 unspecified atom stereocenters. The van der Waals surface area contributed by atoms with Crippen molar-refractivity contribution in [2.24, 2.45) is 0 Å². The van der Waals surface area contributed by atoms with Crippen molar-refractivity contribution in [3.8, 4) is 5.69 Å². The third kappa shape index (κ3) is 2.52. The first kappa shape index (κ1) is 12.2. The lowest BCUT2D eigenvalue weighted by Gasteiger charge is -2.21. The SMILES string of the molecule is CCN(CC)c1ccc(-n2ccnc2Br)cc1. The van der Waals surface area contributed by atoms with E-state index in [4.69, 9.17) is 0 Å². The van der Waals surface area contributed by atoms with Gasteiger partial charge in [-0.25, -0.2) is 4.98 Å². The van der Waals surface area contributed by atoms with Crippen molar-refractivity contribution in [1.29, 1.82) is 0 Å². The Hall–Kier alpha value is -1.29. The van der Waals surface area contributed by atoms with Crippen LogP contribution in [0.5, 0.6) is 0 Å². The molecule has 0 amide bonds. The highest BCUT2D eigenvalue weighted by atomic mass is 79.9. The molecule has 0 radical (unpaired) electrons. The van der Waals surface area contributed by atoms with E-state index in [1.807, 2.05) is 10.8 Å². The van der Waals surface area contributed by atoms with Crippen LogP contribution in [0.25, 0.3) is 5.69 Å². The quantitative estimate of drug-likeness (QED) is 0.860. The first-order chi connectivity index (χ1) is 8.26. The van der Waals surface area contributed by atoms with Crippen LogP contribution < -0.4 is 4.90 Å². The Morgan fingerprint density at radius 2 is 1.82 bits per heavy atom. The van der Waals surface area contributed by atoms with Crippen LogP contribution >= 0.6 is 15.9 Å². The monoisotopic (exact) mass is 293 g/mol. The van der Waals surface area contributed by atoms with Crippen LogP contribution in [0.4, 0.5) is 5.69 Å². The van der Waals surface area contributed by atoms with Gasteiger partial charge in [0.15, 0.2) is 4.73 Å². The lowest BCUT2D eigenvalue weighted by atomic mass is 10.2. The van der Waals surface area contributed by atoms with Gasteiger partial charge >= 0.3 is 0 Å². The molecule has 2 aromatic rings. The second-order valence-corrected chi connectivity index (χ2v) is 4.46. The molecule has 1 aromatic heterocycles. The zero-order chi connectivity index (χ0) is 12.3. The minimum absolute atomic E-state index is 0.827. The van der Waals surface area contributed by atoms with Gasteiger partial charge in [-0.1, -0.05) is 0 Å². The van der Waals surface area contributed by atoms with Gasteiger partial charge in [-0.2, -0.15) is 0 Å². The van der Waals surface area contributed by atoms with Gasteiger partial charge in [-0.05, 0) is 54.0 Å². The topological polar surface area (TPSA) is 21.1 Å². The second-order valence-electron chi connectivity index (χ2n) is 3.75. The van der Waals surface area contributed by atoms with Crippen LogP contribution in [0.1, 0.15) is 13.8 Å². The van der Waals surface area contributed by atoms with Crippen LogP contribution in [0.3, 0.4) is 0 Å². The molecule has 0 bridgehead atoms. The summed E-state index contributed by atoms with van der Waals surface area (Å²) in [6, 6.07) is 8.52. The van der Waals surface area contributed by atoms with Crippen molar-refractivity contribution < 1.29 is 0 Å². The number of hydrogen-bond acceptors (Lipinski definition) is 2. The average molecular weight is 294 g/mol. The molecule has 2 rings (SSSR count). The van der Waals surface area contributed by atoms with E-state index in [0.29, 0.717) is 0 Å². The Kier molecular flexibility index (Phi) is 3.84. The summed E-state index contributed by atoms with van der Waals surface area (Å²) in [5, 5.41) is 0. The third-order valence-electron chi connectivity index (χ3n) is 2.85. The standard InChI is InChI=1S/C13H16BrN3/c1-3-16(4-2)11-5-7-12(8-6-11)17-10-9-15-13(17)14/h5-10H,3-4H2,1-2H3. The molecule has 17 heavy (non-hydrogen) atoms. The minimum Gasteiger partial charge on any atom is -0.372 e. The van der Waals surface area contributed by atoms with Gasteiger partial charge in [0.05, 0.1) is 0 Å². The molecular formula is C13H16BrN3. The van der Waals surface area contributed by atoms with Crippen molar-refractivity contribution in [3.63, 3.8) is 0 Å². The minimum atomic E-state index is 0.827. The highest BCUT2D eigenvalue weighted by Crippen LogP contribution is 2.19. The van der Waals surface area contributed by atoms with Gasteiger partial charge in [-0.15, -0.1) is 0 Å². The summed E-state index contributed by atoms with van der Waals surface area (Å²) in [5.41, 5.74) is 2.38. The highest BCUT2D eigenvalue weighted by molar-refractivity contribution is 9.10. The number of rotatable bonds is 4. The molecule has 90 valence electrons. The number of hydrogen-bond donors (Lipinski definition) is 0. The Balaban J connectivity index is 2.27. The van der Waals surface area contributed by atoms with E-state index >= 15 is 0 Å². The van der Waals surface area contributed by atoms with Crippen LogP contribution in [-0.2, 0) is 0 Å². The summed E-state index contributed by atoms with van der Waals surface area (Å²) >= 11 is 3.42. The number of benzene rings is 1. The van der Waals surface area contributed by atoms with Crippen molar-refractivity contribution in [2.75, 3.05) is 18.0 Å². The van der Waals surface area contributed by atoms with Crippen LogP contribution in [-0.4, -0.2) is 22.6 Å². The fourth-order valence-corrected chi connectivity index (χ4v) is 2.33. The van der Waals surface area contributed by atoms with Gasteiger partial charge in [-0.3, -0.25) is 4.57 Å². The number of anilines is 1. The van der Waals surface area contributed by atoms with Gasteiger partial charge in [0.2, 0.25) is 0 Å². The normalized spacial score (nSPS) is 10.5. The molecule has 0 saturated carbocycles. The van der Waals surface area contributed by atoms with Crippen LogP contribution in [0, 0.1) is 0 Å². The molecule has 0 spiro atoms. The molecule has 4 heteroatoms. The molecule has 0 aliphatic heterocycles. The van der Waals surface area contributed by atoms with Crippen LogP contribution in [0.15, 0.2) is 41.4 Å². The Bertz CT molecular complexity index is 472. The molecule has 1 aromatic carbocycles. The van der Waals surface area contributed by atoms with Crippen molar-refractivity contribution >= 4 is 21.6 Å². The maximum Gasteiger partial charge on any atom is 0.181 e. The van der Waals surface area contributed by atoms with Gasteiger partial charge < -0.3 is 4.90 Å². The van der Waals surface area contributed by atoms with Crippen molar-refractivity contribution in [2.45, 2.75) is 13.8 Å². The average Bonchev–Trinajstić information content (AvgIpc) is 2.78. The van der Waals surface area contributed by atoms with E-state index < -0.39 is 0 Å². The molecular weight excluding hydrogens is 278 g/mol. The molecule has 0 aliphatic rings. The summed E-state index contributed by atoms with van der Waals surface area (Å²) in [4.78, 5) is 6.48. The first-order valence-corrected chi connectivity index (χ1v) is 6.59. The zero-order valence-electron chi connectivity index (χ0n) is 10.1. The lowest BCUT2D eigenvalue weighted by molar-refractivity contribution is 0.865. The maximum absolute atomic E-state index is 4.15. The second kappa shape index (κ2) is 5.36. The fourth-order valence-electron chi connectivity index (χ4n) is 1.89. The van der Waals surface area contributed by atoms with Crippen LogP contribution in [0.2, 0.25) is 0 Å². The van der Waals surface area contributed by atoms with Gasteiger partial charge in [0, 0.05) is 36.9 Å². The summed E-state index contributed by atoms with van der Waals surface area (Å²) in [5.74, 6) is 0. The lowest BCUT2D eigenvalue weighted by Crippen LogP contribution is -2.21. The molecule has 0 N–H and O–H groups in total.